The second-order valence-corrected chi connectivity index (χ2v) is 6.31. The number of aryl methyl sites for hydroxylation is 1. The molecule has 1 aromatic heterocycles. The molecule has 0 saturated carbocycles. The third-order valence-corrected chi connectivity index (χ3v) is 3.90. The van der Waals surface area contributed by atoms with Gasteiger partial charge in [0, 0.05) is 31.3 Å². The second kappa shape index (κ2) is 5.49. The molecule has 0 bridgehead atoms. The Balaban J connectivity index is 1.68. The van der Waals surface area contributed by atoms with Gasteiger partial charge in [-0.1, -0.05) is 24.3 Å². The minimum Gasteiger partial charge on any atom is -0.487 e. The highest BCUT2D eigenvalue weighted by Crippen LogP contribution is 2.37. The van der Waals surface area contributed by atoms with Crippen LogP contribution in [0.2, 0.25) is 0 Å². The van der Waals surface area contributed by atoms with Crippen molar-refractivity contribution in [3.63, 3.8) is 0 Å². The van der Waals surface area contributed by atoms with Crippen LogP contribution in [-0.2, 0) is 19.5 Å². The summed E-state index contributed by atoms with van der Waals surface area (Å²) in [5.41, 5.74) is 4.78. The lowest BCUT2D eigenvalue weighted by Gasteiger charge is -2.18. The maximum atomic E-state index is 6.10. The summed E-state index contributed by atoms with van der Waals surface area (Å²) in [5, 5.41) is 3.47. The first-order valence-corrected chi connectivity index (χ1v) is 7.46. The van der Waals surface area contributed by atoms with Gasteiger partial charge in [-0.05, 0) is 38.0 Å². The monoisotopic (exact) mass is 282 g/mol. The Morgan fingerprint density at radius 1 is 1.19 bits per heavy atom. The Kier molecular flexibility index (Phi) is 3.68. The number of hydrogen-bond acceptors (Lipinski definition) is 3. The molecule has 1 aliphatic heterocycles. The first-order valence-electron chi connectivity index (χ1n) is 7.46. The molecule has 3 heteroatoms. The van der Waals surface area contributed by atoms with Crippen molar-refractivity contribution in [2.75, 3.05) is 0 Å². The summed E-state index contributed by atoms with van der Waals surface area (Å²) < 4.78 is 6.10. The van der Waals surface area contributed by atoms with E-state index < -0.39 is 0 Å². The number of rotatable bonds is 4. The summed E-state index contributed by atoms with van der Waals surface area (Å²) in [6.45, 7) is 7.95. The number of benzene rings is 1. The van der Waals surface area contributed by atoms with Crippen molar-refractivity contribution in [2.24, 2.45) is 0 Å². The van der Waals surface area contributed by atoms with Crippen LogP contribution in [0, 0.1) is 6.92 Å². The maximum Gasteiger partial charge on any atom is 0.127 e. The van der Waals surface area contributed by atoms with Crippen molar-refractivity contribution in [1.29, 1.82) is 0 Å². The van der Waals surface area contributed by atoms with E-state index in [1.54, 1.807) is 0 Å². The Labute approximate surface area is 126 Å². The Hall–Kier alpha value is -1.87. The lowest BCUT2D eigenvalue weighted by atomic mass is 10.0. The van der Waals surface area contributed by atoms with Gasteiger partial charge in [-0.25, -0.2) is 0 Å². The van der Waals surface area contributed by atoms with Crippen LogP contribution < -0.4 is 10.1 Å². The number of aromatic nitrogens is 1. The van der Waals surface area contributed by atoms with Gasteiger partial charge in [0.05, 0.1) is 5.69 Å². The molecule has 3 rings (SSSR count). The zero-order valence-electron chi connectivity index (χ0n) is 12.9. The van der Waals surface area contributed by atoms with E-state index in [-0.39, 0.29) is 5.60 Å². The first kappa shape index (κ1) is 14.1. The smallest absolute Gasteiger partial charge is 0.127 e. The summed E-state index contributed by atoms with van der Waals surface area (Å²) >= 11 is 0. The van der Waals surface area contributed by atoms with Crippen molar-refractivity contribution in [3.05, 3.63) is 58.9 Å². The molecule has 0 spiro atoms. The molecule has 0 amide bonds. The molecule has 3 nitrogen and oxygen atoms in total. The van der Waals surface area contributed by atoms with Crippen molar-refractivity contribution >= 4 is 0 Å². The number of ether oxygens (including phenoxy) is 1. The fourth-order valence-electron chi connectivity index (χ4n) is 2.84. The first-order chi connectivity index (χ1) is 10.1. The predicted molar refractivity (Wildman–Crippen MR) is 84.4 cm³/mol. The number of fused-ring (bicyclic) bond motifs is 1. The number of para-hydroxylation sites is 1. The Morgan fingerprint density at radius 3 is 2.86 bits per heavy atom. The minimum atomic E-state index is -0.0873. The third kappa shape index (κ3) is 3.08. The third-order valence-electron chi connectivity index (χ3n) is 3.90. The molecular formula is C18H22N2O. The summed E-state index contributed by atoms with van der Waals surface area (Å²) in [6, 6.07) is 10.5. The van der Waals surface area contributed by atoms with Gasteiger partial charge in [0.1, 0.15) is 11.4 Å². The van der Waals surface area contributed by atoms with Crippen LogP contribution in [0.3, 0.4) is 0 Å². The second-order valence-electron chi connectivity index (χ2n) is 6.31. The van der Waals surface area contributed by atoms with Crippen LogP contribution in [0.5, 0.6) is 5.75 Å². The summed E-state index contributed by atoms with van der Waals surface area (Å²) in [5.74, 6) is 1.06. The molecular weight excluding hydrogens is 260 g/mol. The largest absolute Gasteiger partial charge is 0.487 e. The number of pyridine rings is 1. The van der Waals surface area contributed by atoms with Crippen LogP contribution in [0.25, 0.3) is 0 Å². The van der Waals surface area contributed by atoms with E-state index in [2.05, 4.69) is 55.3 Å². The van der Waals surface area contributed by atoms with Crippen molar-refractivity contribution in [2.45, 2.75) is 45.9 Å². The molecule has 0 aliphatic carbocycles. The molecule has 1 N–H and O–H groups in total. The molecule has 0 radical (unpaired) electrons. The Morgan fingerprint density at radius 2 is 2.05 bits per heavy atom. The Bertz CT molecular complexity index is 649. The van der Waals surface area contributed by atoms with E-state index in [0.29, 0.717) is 0 Å². The van der Waals surface area contributed by atoms with E-state index in [9.17, 15) is 0 Å². The summed E-state index contributed by atoms with van der Waals surface area (Å²) in [7, 11) is 0. The molecule has 0 saturated heterocycles. The standard InChI is InChI=1S/C18H22N2O/c1-13-6-5-9-20-16(13)12-19-11-15-8-4-7-14-10-18(2,3)21-17(14)15/h4-9,19H,10-12H2,1-3H3. The lowest BCUT2D eigenvalue weighted by Crippen LogP contribution is -2.25. The van der Waals surface area contributed by atoms with Crippen LogP contribution in [0.1, 0.15) is 36.2 Å². The van der Waals surface area contributed by atoms with E-state index in [1.165, 1.54) is 16.7 Å². The molecule has 2 heterocycles. The van der Waals surface area contributed by atoms with Crippen LogP contribution in [0.4, 0.5) is 0 Å². The molecule has 21 heavy (non-hydrogen) atoms. The van der Waals surface area contributed by atoms with Crippen LogP contribution in [0.15, 0.2) is 36.5 Å². The number of nitrogens with one attached hydrogen (secondary N) is 1. The molecule has 110 valence electrons. The van der Waals surface area contributed by atoms with Gasteiger partial charge in [-0.3, -0.25) is 4.98 Å². The maximum absolute atomic E-state index is 6.10. The number of hydrogen-bond donors (Lipinski definition) is 1. The quantitative estimate of drug-likeness (QED) is 0.933. The van der Waals surface area contributed by atoms with Crippen molar-refractivity contribution < 1.29 is 4.74 Å². The molecule has 0 fully saturated rings. The van der Waals surface area contributed by atoms with Gasteiger partial charge < -0.3 is 10.1 Å². The molecule has 2 aromatic rings. The van der Waals surface area contributed by atoms with Gasteiger partial charge in [0.15, 0.2) is 0 Å². The lowest BCUT2D eigenvalue weighted by molar-refractivity contribution is 0.137. The van der Waals surface area contributed by atoms with E-state index in [4.69, 9.17) is 4.74 Å². The van der Waals surface area contributed by atoms with Gasteiger partial charge in [-0.2, -0.15) is 0 Å². The molecule has 0 unspecified atom stereocenters. The van der Waals surface area contributed by atoms with E-state index in [0.717, 1.165) is 31.0 Å². The number of nitrogens with zero attached hydrogens (tertiary/aromatic N) is 1. The zero-order valence-corrected chi connectivity index (χ0v) is 12.9. The SMILES string of the molecule is Cc1cccnc1CNCc1cccc2c1OC(C)(C)C2. The average Bonchev–Trinajstić information content (AvgIpc) is 2.76. The normalized spacial score (nSPS) is 15.6. The summed E-state index contributed by atoms with van der Waals surface area (Å²) in [6.07, 6.45) is 2.82. The van der Waals surface area contributed by atoms with Crippen molar-refractivity contribution in [1.82, 2.24) is 10.3 Å². The molecule has 0 atom stereocenters. The van der Waals surface area contributed by atoms with E-state index >= 15 is 0 Å². The van der Waals surface area contributed by atoms with E-state index in [1.807, 2.05) is 12.3 Å². The average molecular weight is 282 g/mol. The molecule has 1 aliphatic rings. The van der Waals surface area contributed by atoms with Gasteiger partial charge in [0.25, 0.3) is 0 Å². The highest BCUT2D eigenvalue weighted by molar-refractivity contribution is 5.45. The summed E-state index contributed by atoms with van der Waals surface area (Å²) in [4.78, 5) is 4.41. The molecule has 1 aromatic carbocycles. The highest BCUT2D eigenvalue weighted by atomic mass is 16.5. The van der Waals surface area contributed by atoms with Crippen molar-refractivity contribution in [3.8, 4) is 5.75 Å². The van der Waals surface area contributed by atoms with Gasteiger partial charge in [-0.15, -0.1) is 0 Å². The minimum absolute atomic E-state index is 0.0873. The predicted octanol–water partition coefficient (Wildman–Crippen LogP) is 3.39. The zero-order chi connectivity index (χ0) is 14.9. The van der Waals surface area contributed by atoms with Crippen LogP contribution in [-0.4, -0.2) is 10.6 Å². The fourth-order valence-corrected chi connectivity index (χ4v) is 2.84. The topological polar surface area (TPSA) is 34.2 Å². The van der Waals surface area contributed by atoms with Crippen LogP contribution >= 0.6 is 0 Å². The van der Waals surface area contributed by atoms with Gasteiger partial charge in [0.2, 0.25) is 0 Å². The fraction of sp³-hybridized carbons (Fsp3) is 0.389. The van der Waals surface area contributed by atoms with Gasteiger partial charge >= 0.3 is 0 Å². The highest BCUT2D eigenvalue weighted by Gasteiger charge is 2.31.